The van der Waals surface area contributed by atoms with Gasteiger partial charge in [-0.3, -0.25) is 0 Å². The first kappa shape index (κ1) is 19.0. The molecule has 0 aliphatic heterocycles. The average Bonchev–Trinajstić information content (AvgIpc) is 2.57. The lowest BCUT2D eigenvalue weighted by atomic mass is 10.1. The molecule has 1 aromatic carbocycles. The molecular weight excluding hydrogens is 371 g/mol. The minimum absolute atomic E-state index is 0.00151. The zero-order valence-corrected chi connectivity index (χ0v) is 15.5. The number of para-hydroxylation sites is 1. The molecule has 0 atom stereocenters. The number of benzene rings is 1. The molecule has 0 radical (unpaired) electrons. The molecule has 0 aliphatic rings. The van der Waals surface area contributed by atoms with E-state index in [2.05, 4.69) is 9.71 Å². The predicted molar refractivity (Wildman–Crippen MR) is 95.4 cm³/mol. The van der Waals surface area contributed by atoms with Gasteiger partial charge in [0.1, 0.15) is 15.8 Å². The van der Waals surface area contributed by atoms with E-state index in [4.69, 9.17) is 27.9 Å². The van der Waals surface area contributed by atoms with Crippen LogP contribution in [0.25, 0.3) is 0 Å². The molecule has 130 valence electrons. The van der Waals surface area contributed by atoms with Crippen LogP contribution in [-0.4, -0.2) is 27.1 Å². The smallest absolute Gasteiger partial charge is 0.242 e. The van der Waals surface area contributed by atoms with Gasteiger partial charge in [-0.15, -0.1) is 0 Å². The number of hydrogen-bond acceptors (Lipinski definition) is 4. The summed E-state index contributed by atoms with van der Waals surface area (Å²) >= 11 is 11.5. The van der Waals surface area contributed by atoms with Crippen molar-refractivity contribution in [3.8, 4) is 5.75 Å². The third-order valence-corrected chi connectivity index (χ3v) is 5.55. The monoisotopic (exact) mass is 388 g/mol. The number of aromatic nitrogens is 1. The highest BCUT2D eigenvalue weighted by Gasteiger charge is 2.15. The molecule has 24 heavy (non-hydrogen) atoms. The molecule has 0 fully saturated rings. The number of halogens is 2. The summed E-state index contributed by atoms with van der Waals surface area (Å²) in [6.45, 7) is 0.331. The van der Waals surface area contributed by atoms with Crippen molar-refractivity contribution in [1.82, 2.24) is 9.71 Å². The van der Waals surface area contributed by atoms with Crippen LogP contribution < -0.4 is 9.46 Å². The maximum atomic E-state index is 12.2. The van der Waals surface area contributed by atoms with Crippen LogP contribution in [0.4, 0.5) is 0 Å². The Hall–Kier alpha value is -1.34. The molecule has 0 amide bonds. The zero-order chi connectivity index (χ0) is 17.6. The quantitative estimate of drug-likeness (QED) is 0.552. The van der Waals surface area contributed by atoms with Crippen molar-refractivity contribution < 1.29 is 13.2 Å². The summed E-state index contributed by atoms with van der Waals surface area (Å²) in [5, 5.41) is 0.183. The van der Waals surface area contributed by atoms with Crippen molar-refractivity contribution in [2.75, 3.05) is 13.7 Å². The van der Waals surface area contributed by atoms with Gasteiger partial charge in [-0.1, -0.05) is 41.4 Å². The van der Waals surface area contributed by atoms with Crippen LogP contribution in [0.2, 0.25) is 10.2 Å². The number of methoxy groups -OCH3 is 1. The second-order valence-corrected chi connectivity index (χ2v) is 7.64. The van der Waals surface area contributed by atoms with E-state index in [0.717, 1.165) is 24.2 Å². The summed E-state index contributed by atoms with van der Waals surface area (Å²) in [5.41, 5.74) is 1.11. The number of sulfonamides is 1. The molecule has 0 bridgehead atoms. The normalized spacial score (nSPS) is 11.5. The predicted octanol–water partition coefficient (Wildman–Crippen LogP) is 3.70. The van der Waals surface area contributed by atoms with E-state index in [-0.39, 0.29) is 15.1 Å². The van der Waals surface area contributed by atoms with E-state index >= 15 is 0 Å². The third-order valence-electron chi connectivity index (χ3n) is 3.44. The summed E-state index contributed by atoms with van der Waals surface area (Å²) < 4.78 is 32.1. The van der Waals surface area contributed by atoms with Crippen molar-refractivity contribution in [3.63, 3.8) is 0 Å². The van der Waals surface area contributed by atoms with Gasteiger partial charge in [0, 0.05) is 12.7 Å². The Morgan fingerprint density at radius 2 is 1.96 bits per heavy atom. The summed E-state index contributed by atoms with van der Waals surface area (Å²) in [6, 6.07) is 9.08. The molecule has 5 nitrogen and oxygen atoms in total. The van der Waals surface area contributed by atoms with Crippen LogP contribution in [-0.2, 0) is 16.4 Å². The Balaban J connectivity index is 1.84. The van der Waals surface area contributed by atoms with Crippen molar-refractivity contribution in [3.05, 3.63) is 52.3 Å². The number of unbranched alkanes of at least 4 members (excludes halogenated alkanes) is 1. The van der Waals surface area contributed by atoms with Gasteiger partial charge in [-0.2, -0.15) is 0 Å². The van der Waals surface area contributed by atoms with Crippen LogP contribution in [0.3, 0.4) is 0 Å². The Kier molecular flexibility index (Phi) is 6.86. The van der Waals surface area contributed by atoms with Gasteiger partial charge in [0.25, 0.3) is 0 Å². The minimum atomic E-state index is -3.64. The number of nitrogens with one attached hydrogen (secondary N) is 1. The topological polar surface area (TPSA) is 68.3 Å². The molecule has 0 spiro atoms. The first-order chi connectivity index (χ1) is 11.4. The highest BCUT2D eigenvalue weighted by molar-refractivity contribution is 7.89. The van der Waals surface area contributed by atoms with E-state index < -0.39 is 10.0 Å². The molecule has 0 saturated heterocycles. The first-order valence-corrected chi connectivity index (χ1v) is 9.60. The number of aryl methyl sites for hydroxylation is 1. The van der Waals surface area contributed by atoms with Gasteiger partial charge in [-0.05, 0) is 37.0 Å². The second-order valence-electron chi connectivity index (χ2n) is 5.11. The fourth-order valence-corrected chi connectivity index (χ4v) is 3.57. The van der Waals surface area contributed by atoms with Crippen molar-refractivity contribution >= 4 is 33.2 Å². The highest BCUT2D eigenvalue weighted by Crippen LogP contribution is 2.22. The summed E-state index contributed by atoms with van der Waals surface area (Å²) in [6.07, 6.45) is 3.54. The minimum Gasteiger partial charge on any atom is -0.496 e. The molecule has 1 heterocycles. The molecule has 0 saturated carbocycles. The van der Waals surface area contributed by atoms with E-state index in [9.17, 15) is 8.42 Å². The molecule has 8 heteroatoms. The standard InChI is InChI=1S/C16H18Cl2N2O3S/c1-23-15-8-3-2-6-12(15)7-4-5-9-20-24(21,22)13-10-14(17)16(18)19-11-13/h2-3,6,8,10-11,20H,4-5,7,9H2,1H3. The van der Waals surface area contributed by atoms with Gasteiger partial charge < -0.3 is 4.74 Å². The molecule has 2 rings (SSSR count). The van der Waals surface area contributed by atoms with Gasteiger partial charge in [0.15, 0.2) is 0 Å². The second kappa shape index (κ2) is 8.67. The molecule has 1 aromatic heterocycles. The molecular formula is C16H18Cl2N2O3S. The first-order valence-electron chi connectivity index (χ1n) is 7.36. The van der Waals surface area contributed by atoms with Crippen molar-refractivity contribution in [2.24, 2.45) is 0 Å². The van der Waals surface area contributed by atoms with E-state index in [0.29, 0.717) is 13.0 Å². The maximum absolute atomic E-state index is 12.2. The average molecular weight is 389 g/mol. The van der Waals surface area contributed by atoms with Crippen molar-refractivity contribution in [2.45, 2.75) is 24.2 Å². The van der Waals surface area contributed by atoms with Crippen LogP contribution in [0.15, 0.2) is 41.4 Å². The van der Waals surface area contributed by atoms with E-state index in [1.165, 1.54) is 12.3 Å². The Morgan fingerprint density at radius 1 is 1.21 bits per heavy atom. The largest absolute Gasteiger partial charge is 0.496 e. The summed E-state index contributed by atoms with van der Waals surface area (Å²) in [4.78, 5) is 3.75. The fraction of sp³-hybridized carbons (Fsp3) is 0.312. The summed E-state index contributed by atoms with van der Waals surface area (Å²) in [5.74, 6) is 0.847. The molecule has 2 aromatic rings. The molecule has 1 N–H and O–H groups in total. The van der Waals surface area contributed by atoms with Gasteiger partial charge >= 0.3 is 0 Å². The SMILES string of the molecule is COc1ccccc1CCCCNS(=O)(=O)c1cnc(Cl)c(Cl)c1. The number of rotatable bonds is 8. The highest BCUT2D eigenvalue weighted by atomic mass is 35.5. The number of ether oxygens (including phenoxy) is 1. The lowest BCUT2D eigenvalue weighted by molar-refractivity contribution is 0.409. The lowest BCUT2D eigenvalue weighted by Gasteiger charge is -2.09. The molecule has 0 unspecified atom stereocenters. The van der Waals surface area contributed by atoms with Crippen LogP contribution in [0.1, 0.15) is 18.4 Å². The number of nitrogens with zero attached hydrogens (tertiary/aromatic N) is 1. The Labute approximate surface area is 152 Å². The lowest BCUT2D eigenvalue weighted by Crippen LogP contribution is -2.25. The van der Waals surface area contributed by atoms with Crippen LogP contribution in [0.5, 0.6) is 5.75 Å². The van der Waals surface area contributed by atoms with E-state index in [1.54, 1.807) is 7.11 Å². The van der Waals surface area contributed by atoms with Crippen LogP contribution >= 0.6 is 23.2 Å². The number of hydrogen-bond donors (Lipinski definition) is 1. The zero-order valence-electron chi connectivity index (χ0n) is 13.1. The van der Waals surface area contributed by atoms with Gasteiger partial charge in [0.05, 0.1) is 12.1 Å². The van der Waals surface area contributed by atoms with Gasteiger partial charge in [0.2, 0.25) is 10.0 Å². The van der Waals surface area contributed by atoms with Crippen LogP contribution in [0, 0.1) is 0 Å². The Bertz CT molecular complexity index is 798. The van der Waals surface area contributed by atoms with E-state index in [1.807, 2.05) is 24.3 Å². The third kappa shape index (κ3) is 5.08. The maximum Gasteiger partial charge on any atom is 0.242 e. The number of pyridine rings is 1. The fourth-order valence-electron chi connectivity index (χ4n) is 2.19. The van der Waals surface area contributed by atoms with Crippen molar-refractivity contribution in [1.29, 1.82) is 0 Å². The molecule has 0 aliphatic carbocycles. The van der Waals surface area contributed by atoms with Gasteiger partial charge in [-0.25, -0.2) is 18.1 Å². The summed E-state index contributed by atoms with van der Waals surface area (Å²) in [7, 11) is -2.00. The Morgan fingerprint density at radius 3 is 2.67 bits per heavy atom.